The summed E-state index contributed by atoms with van der Waals surface area (Å²) >= 11 is 0. The van der Waals surface area contributed by atoms with Gasteiger partial charge in [0, 0.05) is 38.6 Å². The predicted octanol–water partition coefficient (Wildman–Crippen LogP) is 3.15. The van der Waals surface area contributed by atoms with E-state index in [4.69, 9.17) is 0 Å². The molecule has 1 saturated heterocycles. The van der Waals surface area contributed by atoms with Crippen molar-refractivity contribution in [2.45, 2.75) is 32.0 Å². The molecule has 1 aliphatic heterocycles. The number of carbonyl (C=O) groups is 1. The fourth-order valence-electron chi connectivity index (χ4n) is 3.10. The zero-order valence-corrected chi connectivity index (χ0v) is 13.0. The number of nitrogens with zero attached hydrogens (tertiary/aromatic N) is 2. The van der Waals surface area contributed by atoms with Gasteiger partial charge in [0.25, 0.3) is 0 Å². The van der Waals surface area contributed by atoms with Crippen LogP contribution in [0, 0.1) is 5.92 Å². The van der Waals surface area contributed by atoms with Gasteiger partial charge in [-0.3, -0.25) is 9.69 Å². The molecule has 1 amide bonds. The van der Waals surface area contributed by atoms with E-state index in [-0.39, 0.29) is 11.8 Å². The number of amides is 1. The zero-order valence-electron chi connectivity index (χ0n) is 13.0. The maximum atomic E-state index is 12.5. The van der Waals surface area contributed by atoms with E-state index < -0.39 is 11.7 Å². The molecule has 2 aliphatic rings. The van der Waals surface area contributed by atoms with E-state index in [1.165, 1.54) is 12.1 Å². The first-order valence-corrected chi connectivity index (χ1v) is 8.11. The molecule has 2 fully saturated rings. The van der Waals surface area contributed by atoms with Crippen LogP contribution in [-0.4, -0.2) is 41.9 Å². The molecule has 1 aliphatic carbocycles. The van der Waals surface area contributed by atoms with E-state index in [0.717, 1.165) is 63.1 Å². The van der Waals surface area contributed by atoms with Crippen molar-refractivity contribution in [3.8, 4) is 0 Å². The minimum absolute atomic E-state index is 0.233. The predicted molar refractivity (Wildman–Crippen MR) is 80.6 cm³/mol. The minimum atomic E-state index is -4.29. The number of alkyl halides is 3. The SMILES string of the molecule is O=C(C1CCC1)N1CCN(Cc2ccc(C(F)(F)F)cc2)CC1. The number of halogens is 3. The molecule has 3 rings (SSSR count). The Morgan fingerprint density at radius 1 is 1.04 bits per heavy atom. The third kappa shape index (κ3) is 3.86. The molecule has 3 nitrogen and oxygen atoms in total. The van der Waals surface area contributed by atoms with Gasteiger partial charge in [-0.15, -0.1) is 0 Å². The summed E-state index contributed by atoms with van der Waals surface area (Å²) in [7, 11) is 0. The summed E-state index contributed by atoms with van der Waals surface area (Å²) in [5, 5.41) is 0. The van der Waals surface area contributed by atoms with Gasteiger partial charge in [-0.05, 0) is 30.5 Å². The summed E-state index contributed by atoms with van der Waals surface area (Å²) in [5.74, 6) is 0.516. The summed E-state index contributed by atoms with van der Waals surface area (Å²) in [5.41, 5.74) is 0.258. The van der Waals surface area contributed by atoms with E-state index in [2.05, 4.69) is 4.90 Å². The molecule has 1 saturated carbocycles. The van der Waals surface area contributed by atoms with Crippen LogP contribution < -0.4 is 0 Å². The molecule has 0 atom stereocenters. The molecular formula is C17H21F3N2O. The van der Waals surface area contributed by atoms with Gasteiger partial charge >= 0.3 is 6.18 Å². The number of hydrogen-bond acceptors (Lipinski definition) is 2. The highest BCUT2D eigenvalue weighted by Gasteiger charge is 2.32. The van der Waals surface area contributed by atoms with Crippen molar-refractivity contribution in [2.24, 2.45) is 5.92 Å². The highest BCUT2D eigenvalue weighted by Crippen LogP contribution is 2.30. The van der Waals surface area contributed by atoms with Crippen LogP contribution in [0.3, 0.4) is 0 Å². The lowest BCUT2D eigenvalue weighted by atomic mass is 9.84. The molecule has 0 unspecified atom stereocenters. The Morgan fingerprint density at radius 2 is 1.65 bits per heavy atom. The third-order valence-corrected chi connectivity index (χ3v) is 4.83. The topological polar surface area (TPSA) is 23.6 Å². The van der Waals surface area contributed by atoms with E-state index in [1.54, 1.807) is 0 Å². The van der Waals surface area contributed by atoms with Crippen LogP contribution in [0.1, 0.15) is 30.4 Å². The van der Waals surface area contributed by atoms with Gasteiger partial charge in [0.15, 0.2) is 0 Å². The average molecular weight is 326 g/mol. The van der Waals surface area contributed by atoms with Crippen LogP contribution in [0.25, 0.3) is 0 Å². The van der Waals surface area contributed by atoms with Crippen LogP contribution in [0.15, 0.2) is 24.3 Å². The first kappa shape index (κ1) is 16.3. The monoisotopic (exact) mass is 326 g/mol. The zero-order chi connectivity index (χ0) is 16.4. The highest BCUT2D eigenvalue weighted by molar-refractivity contribution is 5.79. The maximum absolute atomic E-state index is 12.5. The normalized spacial score (nSPS) is 20.4. The van der Waals surface area contributed by atoms with Crippen molar-refractivity contribution in [3.05, 3.63) is 35.4 Å². The molecule has 0 N–H and O–H groups in total. The summed E-state index contributed by atoms with van der Waals surface area (Å²) in [6, 6.07) is 5.33. The highest BCUT2D eigenvalue weighted by atomic mass is 19.4. The second-order valence-corrected chi connectivity index (χ2v) is 6.42. The number of piperazine rings is 1. The summed E-state index contributed by atoms with van der Waals surface area (Å²) in [6.45, 7) is 3.62. The first-order chi connectivity index (χ1) is 10.9. The van der Waals surface area contributed by atoms with Gasteiger partial charge in [-0.25, -0.2) is 0 Å². The van der Waals surface area contributed by atoms with Crippen molar-refractivity contribution in [2.75, 3.05) is 26.2 Å². The number of benzene rings is 1. The summed E-state index contributed by atoms with van der Waals surface area (Å²) < 4.78 is 37.6. The van der Waals surface area contributed by atoms with Gasteiger partial charge < -0.3 is 4.90 Å². The Bertz CT molecular complexity index is 544. The Labute approximate surface area is 134 Å². The molecule has 0 aromatic heterocycles. The molecule has 1 heterocycles. The molecule has 1 aromatic rings. The third-order valence-electron chi connectivity index (χ3n) is 4.83. The van der Waals surface area contributed by atoms with Gasteiger partial charge in [0.2, 0.25) is 5.91 Å². The lowest BCUT2D eigenvalue weighted by molar-refractivity contribution is -0.140. The minimum Gasteiger partial charge on any atom is -0.340 e. The quantitative estimate of drug-likeness (QED) is 0.852. The second-order valence-electron chi connectivity index (χ2n) is 6.42. The Hall–Kier alpha value is -1.56. The van der Waals surface area contributed by atoms with Crippen LogP contribution >= 0.6 is 0 Å². The Kier molecular flexibility index (Phi) is 4.62. The molecule has 126 valence electrons. The Morgan fingerprint density at radius 3 is 2.13 bits per heavy atom. The van der Waals surface area contributed by atoms with Gasteiger partial charge in [-0.2, -0.15) is 13.2 Å². The van der Waals surface area contributed by atoms with E-state index >= 15 is 0 Å². The van der Waals surface area contributed by atoms with Crippen LogP contribution in [0.2, 0.25) is 0 Å². The van der Waals surface area contributed by atoms with E-state index in [0.29, 0.717) is 6.54 Å². The standard InChI is InChI=1S/C17H21F3N2O/c18-17(19,20)15-6-4-13(5-7-15)12-21-8-10-22(11-9-21)16(23)14-2-1-3-14/h4-7,14H,1-3,8-12H2. The molecule has 0 radical (unpaired) electrons. The number of rotatable bonds is 3. The second kappa shape index (κ2) is 6.51. The molecule has 6 heteroatoms. The van der Waals surface area contributed by atoms with Crippen molar-refractivity contribution >= 4 is 5.91 Å². The lowest BCUT2D eigenvalue weighted by Gasteiger charge is -2.38. The average Bonchev–Trinajstić information content (AvgIpc) is 2.46. The molecular weight excluding hydrogens is 305 g/mol. The Balaban J connectivity index is 1.49. The van der Waals surface area contributed by atoms with Crippen molar-refractivity contribution in [1.29, 1.82) is 0 Å². The largest absolute Gasteiger partial charge is 0.416 e. The fourth-order valence-corrected chi connectivity index (χ4v) is 3.10. The lowest BCUT2D eigenvalue weighted by Crippen LogP contribution is -2.50. The van der Waals surface area contributed by atoms with Crippen molar-refractivity contribution < 1.29 is 18.0 Å². The first-order valence-electron chi connectivity index (χ1n) is 8.11. The van der Waals surface area contributed by atoms with Crippen LogP contribution in [0.4, 0.5) is 13.2 Å². The maximum Gasteiger partial charge on any atom is 0.416 e. The summed E-state index contributed by atoms with van der Waals surface area (Å²) in [4.78, 5) is 16.3. The molecule has 0 spiro atoms. The molecule has 0 bridgehead atoms. The fraction of sp³-hybridized carbons (Fsp3) is 0.588. The van der Waals surface area contributed by atoms with Crippen LogP contribution in [-0.2, 0) is 17.5 Å². The van der Waals surface area contributed by atoms with Crippen molar-refractivity contribution in [1.82, 2.24) is 9.80 Å². The van der Waals surface area contributed by atoms with Crippen LogP contribution in [0.5, 0.6) is 0 Å². The molecule has 23 heavy (non-hydrogen) atoms. The van der Waals surface area contributed by atoms with Gasteiger partial charge in [0.05, 0.1) is 5.56 Å². The van der Waals surface area contributed by atoms with E-state index in [1.807, 2.05) is 4.90 Å². The van der Waals surface area contributed by atoms with Gasteiger partial charge in [-0.1, -0.05) is 18.6 Å². The van der Waals surface area contributed by atoms with E-state index in [9.17, 15) is 18.0 Å². The number of hydrogen-bond donors (Lipinski definition) is 0. The smallest absolute Gasteiger partial charge is 0.340 e. The van der Waals surface area contributed by atoms with Gasteiger partial charge in [0.1, 0.15) is 0 Å². The summed E-state index contributed by atoms with van der Waals surface area (Å²) in [6.07, 6.45) is -1.09. The van der Waals surface area contributed by atoms with Crippen molar-refractivity contribution in [3.63, 3.8) is 0 Å². The number of carbonyl (C=O) groups excluding carboxylic acids is 1. The molecule has 1 aromatic carbocycles.